The van der Waals surface area contributed by atoms with Gasteiger partial charge in [0.15, 0.2) is 5.11 Å². The van der Waals surface area contributed by atoms with Gasteiger partial charge in [-0.25, -0.2) is 4.39 Å². The van der Waals surface area contributed by atoms with Crippen LogP contribution in [0, 0.1) is 15.9 Å². The van der Waals surface area contributed by atoms with Crippen LogP contribution in [0.25, 0.3) is 0 Å². The monoisotopic (exact) mass is 427 g/mol. The van der Waals surface area contributed by atoms with Crippen LogP contribution in [0.15, 0.2) is 40.9 Å². The molecule has 0 aromatic heterocycles. The van der Waals surface area contributed by atoms with E-state index in [4.69, 9.17) is 17.0 Å². The molecule has 2 aromatic rings. The molecule has 0 aliphatic heterocycles. The number of thiocarbonyl (C=S) groups is 1. The van der Waals surface area contributed by atoms with Gasteiger partial charge in [0, 0.05) is 17.7 Å². The highest BCUT2D eigenvalue weighted by atomic mass is 79.9. The summed E-state index contributed by atoms with van der Waals surface area (Å²) >= 11 is 8.21. The molecule has 2 N–H and O–H groups in total. The molecule has 10 heteroatoms. The fourth-order valence-corrected chi connectivity index (χ4v) is 2.60. The number of rotatable bonds is 4. The fraction of sp³-hybridized carbons (Fsp3) is 0.0667. The number of benzene rings is 2. The summed E-state index contributed by atoms with van der Waals surface area (Å²) in [7, 11) is 1.49. The Labute approximate surface area is 155 Å². The minimum absolute atomic E-state index is 0.198. The third-order valence-corrected chi connectivity index (χ3v) is 3.87. The van der Waals surface area contributed by atoms with E-state index < -0.39 is 16.6 Å². The largest absolute Gasteiger partial charge is 0.496 e. The highest BCUT2D eigenvalue weighted by Crippen LogP contribution is 2.25. The lowest BCUT2D eigenvalue weighted by Crippen LogP contribution is -2.34. The van der Waals surface area contributed by atoms with Gasteiger partial charge < -0.3 is 10.1 Å². The van der Waals surface area contributed by atoms with Crippen LogP contribution < -0.4 is 15.4 Å². The van der Waals surface area contributed by atoms with Crippen molar-refractivity contribution >= 4 is 50.5 Å². The van der Waals surface area contributed by atoms with Crippen molar-refractivity contribution in [3.63, 3.8) is 0 Å². The maximum Gasteiger partial charge on any atom is 0.271 e. The third kappa shape index (κ3) is 4.70. The van der Waals surface area contributed by atoms with Crippen LogP contribution in [-0.4, -0.2) is 23.1 Å². The molecule has 0 heterocycles. The molecule has 0 unspecified atom stereocenters. The molecule has 25 heavy (non-hydrogen) atoms. The lowest BCUT2D eigenvalue weighted by Gasteiger charge is -2.11. The summed E-state index contributed by atoms with van der Waals surface area (Å²) in [6, 6.07) is 7.59. The number of nitrogens with one attached hydrogen (secondary N) is 2. The molecule has 0 aliphatic rings. The average molecular weight is 428 g/mol. The zero-order chi connectivity index (χ0) is 18.6. The van der Waals surface area contributed by atoms with Gasteiger partial charge >= 0.3 is 0 Å². The number of carbonyl (C=O) groups excluding carboxylic acids is 1. The minimum Gasteiger partial charge on any atom is -0.496 e. The number of hydrogen-bond donors (Lipinski definition) is 2. The molecule has 0 aliphatic carbocycles. The number of nitro benzene ring substituents is 1. The van der Waals surface area contributed by atoms with E-state index in [2.05, 4.69) is 26.6 Å². The average Bonchev–Trinajstić information content (AvgIpc) is 2.56. The van der Waals surface area contributed by atoms with Gasteiger partial charge in [-0.05, 0) is 52.4 Å². The standard InChI is InChI=1S/C15H11BrFN3O4S/c1-24-13-5-2-8(6-10(13)16)14(21)19-15(25)18-12-7-9(20(22)23)3-4-11(12)17/h2-7H,1H3,(H2,18,19,21,25). The van der Waals surface area contributed by atoms with Crippen LogP contribution >= 0.6 is 28.1 Å². The van der Waals surface area contributed by atoms with E-state index in [1.54, 1.807) is 6.07 Å². The zero-order valence-electron chi connectivity index (χ0n) is 12.7. The summed E-state index contributed by atoms with van der Waals surface area (Å²) in [4.78, 5) is 22.2. The summed E-state index contributed by atoms with van der Waals surface area (Å²) < 4.78 is 19.4. The molecule has 0 fully saturated rings. The van der Waals surface area contributed by atoms with Gasteiger partial charge in [0.05, 0.1) is 22.2 Å². The molecular formula is C15H11BrFN3O4S. The molecule has 0 bridgehead atoms. The zero-order valence-corrected chi connectivity index (χ0v) is 15.1. The highest BCUT2D eigenvalue weighted by Gasteiger charge is 2.14. The second-order valence-electron chi connectivity index (χ2n) is 4.68. The van der Waals surface area contributed by atoms with Gasteiger partial charge in [-0.15, -0.1) is 0 Å². The van der Waals surface area contributed by atoms with Crippen molar-refractivity contribution in [2.45, 2.75) is 0 Å². The maximum absolute atomic E-state index is 13.7. The molecule has 2 rings (SSSR count). The molecule has 7 nitrogen and oxygen atoms in total. The Morgan fingerprint density at radius 2 is 2.04 bits per heavy atom. The molecule has 0 saturated carbocycles. The van der Waals surface area contributed by atoms with E-state index in [0.29, 0.717) is 10.2 Å². The van der Waals surface area contributed by atoms with E-state index in [9.17, 15) is 19.3 Å². The van der Waals surface area contributed by atoms with Crippen LogP contribution in [0.2, 0.25) is 0 Å². The number of non-ortho nitro benzene ring substituents is 1. The highest BCUT2D eigenvalue weighted by molar-refractivity contribution is 9.10. The smallest absolute Gasteiger partial charge is 0.271 e. The van der Waals surface area contributed by atoms with Gasteiger partial charge in [-0.1, -0.05) is 0 Å². The van der Waals surface area contributed by atoms with Crippen LogP contribution in [0.5, 0.6) is 5.75 Å². The second-order valence-corrected chi connectivity index (χ2v) is 5.94. The number of ether oxygens (including phenoxy) is 1. The molecule has 1 amide bonds. The van der Waals surface area contributed by atoms with Crippen molar-refractivity contribution < 1.29 is 18.8 Å². The van der Waals surface area contributed by atoms with Crippen molar-refractivity contribution in [1.29, 1.82) is 0 Å². The van der Waals surface area contributed by atoms with Gasteiger partial charge in [-0.2, -0.15) is 0 Å². The molecule has 0 spiro atoms. The normalized spacial score (nSPS) is 10.0. The molecule has 0 saturated heterocycles. The first kappa shape index (κ1) is 18.7. The molecular weight excluding hydrogens is 417 g/mol. The summed E-state index contributed by atoms with van der Waals surface area (Å²) in [5, 5.41) is 15.3. The fourth-order valence-electron chi connectivity index (χ4n) is 1.86. The van der Waals surface area contributed by atoms with Crippen molar-refractivity contribution in [1.82, 2.24) is 5.32 Å². The van der Waals surface area contributed by atoms with Crippen LogP contribution in [0.4, 0.5) is 15.8 Å². The summed E-state index contributed by atoms with van der Waals surface area (Å²) in [5.74, 6) is -0.725. The van der Waals surface area contributed by atoms with Crippen molar-refractivity contribution in [3.8, 4) is 5.75 Å². The van der Waals surface area contributed by atoms with Gasteiger partial charge in [0.2, 0.25) is 0 Å². The first-order chi connectivity index (χ1) is 11.8. The number of nitrogens with zero attached hydrogens (tertiary/aromatic N) is 1. The number of nitro groups is 1. The Bertz CT molecular complexity index is 863. The second kappa shape index (κ2) is 7.99. The number of amides is 1. The number of halogens is 2. The summed E-state index contributed by atoms with van der Waals surface area (Å²) in [6.45, 7) is 0. The maximum atomic E-state index is 13.7. The van der Waals surface area contributed by atoms with Gasteiger partial charge in [0.1, 0.15) is 11.6 Å². The lowest BCUT2D eigenvalue weighted by atomic mass is 10.2. The SMILES string of the molecule is COc1ccc(C(=O)NC(=S)Nc2cc([N+](=O)[O-])ccc2F)cc1Br. The van der Waals surface area contributed by atoms with Gasteiger partial charge in [-0.3, -0.25) is 20.2 Å². The quantitative estimate of drug-likeness (QED) is 0.439. The Balaban J connectivity index is 2.10. The minimum atomic E-state index is -0.741. The number of carbonyl (C=O) groups is 1. The Morgan fingerprint density at radius 1 is 1.32 bits per heavy atom. The van der Waals surface area contributed by atoms with Crippen LogP contribution in [-0.2, 0) is 0 Å². The van der Waals surface area contributed by atoms with Crippen LogP contribution in [0.3, 0.4) is 0 Å². The number of anilines is 1. The Hall–Kier alpha value is -2.59. The molecule has 0 atom stereocenters. The van der Waals surface area contributed by atoms with Crippen molar-refractivity contribution in [2.75, 3.05) is 12.4 Å². The van der Waals surface area contributed by atoms with Crippen LogP contribution in [0.1, 0.15) is 10.4 Å². The van der Waals surface area contributed by atoms with E-state index in [0.717, 1.165) is 18.2 Å². The summed E-state index contributed by atoms with van der Waals surface area (Å²) in [6.07, 6.45) is 0. The van der Waals surface area contributed by atoms with Crippen molar-refractivity contribution in [3.05, 3.63) is 62.4 Å². The summed E-state index contributed by atoms with van der Waals surface area (Å²) in [5.41, 5.74) is -0.233. The number of hydrogen-bond acceptors (Lipinski definition) is 5. The molecule has 2 aromatic carbocycles. The van der Waals surface area contributed by atoms with E-state index in [1.165, 1.54) is 19.2 Å². The predicted molar refractivity (Wildman–Crippen MR) is 97.4 cm³/mol. The molecule has 0 radical (unpaired) electrons. The van der Waals surface area contributed by atoms with E-state index in [-0.39, 0.29) is 22.1 Å². The van der Waals surface area contributed by atoms with E-state index >= 15 is 0 Å². The first-order valence-electron chi connectivity index (χ1n) is 6.71. The topological polar surface area (TPSA) is 93.5 Å². The predicted octanol–water partition coefficient (Wildman–Crippen LogP) is 3.63. The number of methoxy groups -OCH3 is 1. The Morgan fingerprint density at radius 3 is 2.64 bits per heavy atom. The first-order valence-corrected chi connectivity index (χ1v) is 7.91. The van der Waals surface area contributed by atoms with Crippen molar-refractivity contribution in [2.24, 2.45) is 0 Å². The van der Waals surface area contributed by atoms with E-state index in [1.807, 2.05) is 0 Å². The third-order valence-electron chi connectivity index (χ3n) is 3.05. The van der Waals surface area contributed by atoms with Gasteiger partial charge in [0.25, 0.3) is 11.6 Å². The molecule has 130 valence electrons. The lowest BCUT2D eigenvalue weighted by molar-refractivity contribution is -0.384. The Kier molecular flexibility index (Phi) is 5.99.